The lowest BCUT2D eigenvalue weighted by molar-refractivity contribution is -0.144. The van der Waals surface area contributed by atoms with E-state index in [0.29, 0.717) is 13.5 Å². The van der Waals surface area contributed by atoms with Crippen LogP contribution in [-0.2, 0) is 16.1 Å². The van der Waals surface area contributed by atoms with Crippen molar-refractivity contribution >= 4 is 11.8 Å². The maximum atomic E-state index is 12.9. The predicted octanol–water partition coefficient (Wildman–Crippen LogP) is 0.677. The third-order valence-corrected chi connectivity index (χ3v) is 3.95. The van der Waals surface area contributed by atoms with Crippen molar-refractivity contribution in [1.82, 2.24) is 25.0 Å². The molecule has 0 aliphatic heterocycles. The molecule has 1 unspecified atom stereocenters. The molecule has 0 radical (unpaired) electrons. The molecule has 7 nitrogen and oxygen atoms in total. The summed E-state index contributed by atoms with van der Waals surface area (Å²) in [6.07, 6.45) is 5.02. The number of amides is 2. The van der Waals surface area contributed by atoms with Gasteiger partial charge in [-0.05, 0) is 18.8 Å². The molecule has 1 aliphatic carbocycles. The van der Waals surface area contributed by atoms with Gasteiger partial charge < -0.3 is 10.2 Å². The van der Waals surface area contributed by atoms with Gasteiger partial charge in [0.2, 0.25) is 5.91 Å². The van der Waals surface area contributed by atoms with Crippen LogP contribution in [0.4, 0.5) is 8.78 Å². The fourth-order valence-electron chi connectivity index (χ4n) is 2.37. The Morgan fingerprint density at radius 2 is 2.17 bits per heavy atom. The molecule has 2 rings (SSSR count). The van der Waals surface area contributed by atoms with Crippen LogP contribution in [0.5, 0.6) is 0 Å². The Bertz CT molecular complexity index is 540. The van der Waals surface area contributed by atoms with Crippen LogP contribution in [0, 0.1) is 5.92 Å². The Balaban J connectivity index is 1.86. The van der Waals surface area contributed by atoms with Crippen molar-refractivity contribution in [2.24, 2.45) is 5.92 Å². The van der Waals surface area contributed by atoms with Gasteiger partial charge >= 0.3 is 5.92 Å². The van der Waals surface area contributed by atoms with E-state index in [-0.39, 0.29) is 30.8 Å². The summed E-state index contributed by atoms with van der Waals surface area (Å²) >= 11 is 0. The van der Waals surface area contributed by atoms with E-state index in [1.165, 1.54) is 12.7 Å². The average molecular weight is 329 g/mol. The Kier molecular flexibility index (Phi) is 5.27. The first kappa shape index (κ1) is 17.3. The molecular formula is C14H21F2N5O2. The number of halogens is 2. The fraction of sp³-hybridized carbons (Fsp3) is 0.714. The van der Waals surface area contributed by atoms with E-state index in [1.54, 1.807) is 16.6 Å². The lowest BCUT2D eigenvalue weighted by Crippen LogP contribution is -2.49. The molecule has 128 valence electrons. The van der Waals surface area contributed by atoms with Crippen molar-refractivity contribution in [2.45, 2.75) is 44.7 Å². The summed E-state index contributed by atoms with van der Waals surface area (Å²) in [4.78, 5) is 28.9. The second kappa shape index (κ2) is 7.01. The lowest BCUT2D eigenvalue weighted by atomic mass is 10.1. The minimum absolute atomic E-state index is 0.0402. The van der Waals surface area contributed by atoms with Gasteiger partial charge in [-0.1, -0.05) is 0 Å². The van der Waals surface area contributed by atoms with Crippen LogP contribution in [0.2, 0.25) is 0 Å². The fourth-order valence-corrected chi connectivity index (χ4v) is 2.37. The Hall–Kier alpha value is -2.06. The molecule has 9 heteroatoms. The zero-order chi connectivity index (χ0) is 17.0. The number of carbonyl (C=O) groups is 2. The normalized spacial score (nSPS) is 16.0. The molecule has 1 aliphatic rings. The minimum atomic E-state index is -3.41. The summed E-state index contributed by atoms with van der Waals surface area (Å²) in [5, 5.41) is 6.16. The number of nitrogens with one attached hydrogen (secondary N) is 1. The zero-order valence-corrected chi connectivity index (χ0v) is 13.2. The van der Waals surface area contributed by atoms with Crippen LogP contribution in [0.25, 0.3) is 0 Å². The minimum Gasteiger partial charge on any atom is -0.349 e. The number of rotatable bonds is 8. The van der Waals surface area contributed by atoms with Crippen LogP contribution in [0.15, 0.2) is 12.7 Å². The standard InChI is InChI=1S/C14H21F2N5O2/c1-14(15,16)13(23)18-7-11(10-3-4-10)20(2)12(22)5-6-21-9-17-8-19-21/h8-11H,3-7H2,1-2H3,(H,18,23). The number of nitrogens with zero attached hydrogens (tertiary/aromatic N) is 4. The van der Waals surface area contributed by atoms with Crippen LogP contribution < -0.4 is 5.32 Å². The smallest absolute Gasteiger partial charge is 0.321 e. The molecule has 0 saturated heterocycles. The molecule has 0 bridgehead atoms. The van der Waals surface area contributed by atoms with Crippen LogP contribution in [-0.4, -0.2) is 57.0 Å². The summed E-state index contributed by atoms with van der Waals surface area (Å²) in [5.74, 6) is -4.59. The highest BCUT2D eigenvalue weighted by atomic mass is 19.3. The molecule has 23 heavy (non-hydrogen) atoms. The van der Waals surface area contributed by atoms with Gasteiger partial charge in [0.05, 0.1) is 12.6 Å². The zero-order valence-electron chi connectivity index (χ0n) is 13.2. The van der Waals surface area contributed by atoms with Gasteiger partial charge in [-0.3, -0.25) is 14.3 Å². The van der Waals surface area contributed by atoms with Gasteiger partial charge in [0.1, 0.15) is 12.7 Å². The van der Waals surface area contributed by atoms with Gasteiger partial charge in [-0.25, -0.2) is 4.98 Å². The molecular weight excluding hydrogens is 308 g/mol. The number of alkyl halides is 2. The van der Waals surface area contributed by atoms with Gasteiger partial charge in [-0.15, -0.1) is 0 Å². The third kappa shape index (κ3) is 4.97. The molecule has 2 amide bonds. The van der Waals surface area contributed by atoms with Gasteiger partial charge in [0.25, 0.3) is 5.91 Å². The van der Waals surface area contributed by atoms with E-state index in [1.807, 2.05) is 0 Å². The largest absolute Gasteiger partial charge is 0.349 e. The van der Waals surface area contributed by atoms with Crippen LogP contribution in [0.3, 0.4) is 0 Å². The maximum Gasteiger partial charge on any atom is 0.321 e. The summed E-state index contributed by atoms with van der Waals surface area (Å²) < 4.78 is 27.4. The van der Waals surface area contributed by atoms with E-state index >= 15 is 0 Å². The highest BCUT2D eigenvalue weighted by Gasteiger charge is 2.38. The number of hydrogen-bond donors (Lipinski definition) is 1. The van der Waals surface area contributed by atoms with Crippen LogP contribution in [0.1, 0.15) is 26.2 Å². The second-order valence-electron chi connectivity index (χ2n) is 5.92. The number of hydrogen-bond acceptors (Lipinski definition) is 4. The number of likely N-dealkylation sites (N-methyl/N-ethyl adjacent to an activating group) is 1. The first-order valence-electron chi connectivity index (χ1n) is 7.53. The van der Waals surface area contributed by atoms with Crippen molar-refractivity contribution in [3.8, 4) is 0 Å². The van der Waals surface area contributed by atoms with Gasteiger partial charge in [0.15, 0.2) is 0 Å². The average Bonchev–Trinajstić information content (AvgIpc) is 3.18. The van der Waals surface area contributed by atoms with E-state index in [9.17, 15) is 18.4 Å². The molecule has 1 saturated carbocycles. The van der Waals surface area contributed by atoms with Crippen molar-refractivity contribution in [3.63, 3.8) is 0 Å². The summed E-state index contributed by atoms with van der Waals surface area (Å²) in [5.41, 5.74) is 0. The Morgan fingerprint density at radius 1 is 1.48 bits per heavy atom. The van der Waals surface area contributed by atoms with Gasteiger partial charge in [0, 0.05) is 26.9 Å². The van der Waals surface area contributed by atoms with Crippen LogP contribution >= 0.6 is 0 Å². The SMILES string of the molecule is CN(C(=O)CCn1cncn1)C(CNC(=O)C(C)(F)F)C1CC1. The molecule has 1 N–H and O–H groups in total. The number of aromatic nitrogens is 3. The summed E-state index contributed by atoms with van der Waals surface area (Å²) in [6, 6.07) is -0.260. The highest BCUT2D eigenvalue weighted by Crippen LogP contribution is 2.35. The summed E-state index contributed by atoms with van der Waals surface area (Å²) in [6.45, 7) is 1.000. The van der Waals surface area contributed by atoms with E-state index in [0.717, 1.165) is 12.8 Å². The molecule has 1 atom stereocenters. The molecule has 1 aromatic rings. The monoisotopic (exact) mass is 329 g/mol. The first-order chi connectivity index (χ1) is 10.8. The van der Waals surface area contributed by atoms with E-state index < -0.39 is 11.8 Å². The van der Waals surface area contributed by atoms with Gasteiger partial charge in [-0.2, -0.15) is 13.9 Å². The molecule has 0 aromatic carbocycles. The quantitative estimate of drug-likeness (QED) is 0.760. The topological polar surface area (TPSA) is 80.1 Å². The molecule has 1 fully saturated rings. The molecule has 1 aromatic heterocycles. The predicted molar refractivity (Wildman–Crippen MR) is 77.6 cm³/mol. The second-order valence-corrected chi connectivity index (χ2v) is 5.92. The van der Waals surface area contributed by atoms with Crippen molar-refractivity contribution in [1.29, 1.82) is 0 Å². The van der Waals surface area contributed by atoms with E-state index in [2.05, 4.69) is 15.4 Å². The maximum absolute atomic E-state index is 12.9. The number of carbonyl (C=O) groups excluding carboxylic acids is 2. The van der Waals surface area contributed by atoms with Crippen molar-refractivity contribution in [2.75, 3.05) is 13.6 Å². The van der Waals surface area contributed by atoms with E-state index in [4.69, 9.17) is 0 Å². The molecule has 1 heterocycles. The first-order valence-corrected chi connectivity index (χ1v) is 7.53. The summed E-state index contributed by atoms with van der Waals surface area (Å²) in [7, 11) is 1.64. The number of aryl methyl sites for hydroxylation is 1. The third-order valence-electron chi connectivity index (χ3n) is 3.95. The van der Waals surface area contributed by atoms with Crippen molar-refractivity contribution in [3.05, 3.63) is 12.7 Å². The van der Waals surface area contributed by atoms with Crippen molar-refractivity contribution < 1.29 is 18.4 Å². The Labute approximate surface area is 133 Å². The Morgan fingerprint density at radius 3 is 2.70 bits per heavy atom. The molecule has 0 spiro atoms. The highest BCUT2D eigenvalue weighted by molar-refractivity contribution is 5.83. The lowest BCUT2D eigenvalue weighted by Gasteiger charge is -2.29.